The minimum absolute atomic E-state index is 0.0423. The van der Waals surface area contributed by atoms with E-state index in [1.165, 1.54) is 46.6 Å². The molecule has 26 heavy (non-hydrogen) atoms. The predicted molar refractivity (Wildman–Crippen MR) is 94.9 cm³/mol. The van der Waals surface area contributed by atoms with Crippen LogP contribution in [0.1, 0.15) is 11.4 Å². The van der Waals surface area contributed by atoms with Crippen molar-refractivity contribution in [2.45, 2.75) is 6.54 Å². The van der Waals surface area contributed by atoms with E-state index in [-0.39, 0.29) is 39.3 Å². The van der Waals surface area contributed by atoms with Crippen LogP contribution in [0.15, 0.2) is 40.1 Å². The minimum atomic E-state index is -0.522. The fourth-order valence-electron chi connectivity index (χ4n) is 2.23. The number of aromatic nitrogens is 4. The van der Waals surface area contributed by atoms with Crippen molar-refractivity contribution in [3.05, 3.63) is 72.7 Å². The summed E-state index contributed by atoms with van der Waals surface area (Å²) in [6, 6.07) is 7.81. The van der Waals surface area contributed by atoms with Crippen LogP contribution in [0.4, 0.5) is 0 Å². The molecule has 0 amide bonds. The summed E-state index contributed by atoms with van der Waals surface area (Å²) >= 11 is 12.0. The Kier molecular flexibility index (Phi) is 4.84. The molecular weight excluding hydrogens is 381 g/mol. The van der Waals surface area contributed by atoms with Gasteiger partial charge in [-0.2, -0.15) is 10.4 Å². The first-order valence-corrected chi connectivity index (χ1v) is 8.02. The molecule has 0 atom stereocenters. The van der Waals surface area contributed by atoms with Gasteiger partial charge in [0.1, 0.15) is 5.75 Å². The van der Waals surface area contributed by atoms with E-state index >= 15 is 0 Å². The molecule has 0 bridgehead atoms. The van der Waals surface area contributed by atoms with E-state index in [1.54, 1.807) is 0 Å². The van der Waals surface area contributed by atoms with Crippen LogP contribution in [0.5, 0.6) is 11.5 Å². The molecule has 3 aromatic rings. The maximum atomic E-state index is 12.7. The quantitative estimate of drug-likeness (QED) is 0.734. The third-order valence-corrected chi connectivity index (χ3v) is 4.09. The summed E-state index contributed by atoms with van der Waals surface area (Å²) in [5.41, 5.74) is -0.626. The molecule has 0 saturated carbocycles. The standard InChI is InChI=1S/C16H11Cl2N5O3/c1-22-13(20-21-16(22)25)8-23-3-2-12(18)14(15(23)24)26-11-5-9(7-19)4-10(17)6-11/h2-6H,8H2,1H3,(H,21,25). The van der Waals surface area contributed by atoms with Crippen LogP contribution in [0.25, 0.3) is 0 Å². The van der Waals surface area contributed by atoms with Gasteiger partial charge in [0.25, 0.3) is 5.56 Å². The number of ether oxygens (including phenoxy) is 1. The van der Waals surface area contributed by atoms with Gasteiger partial charge < -0.3 is 9.30 Å². The Labute approximate surface area is 156 Å². The van der Waals surface area contributed by atoms with Crippen molar-refractivity contribution in [1.29, 1.82) is 5.26 Å². The molecule has 0 aliphatic heterocycles. The maximum absolute atomic E-state index is 12.7. The smallest absolute Gasteiger partial charge is 0.343 e. The van der Waals surface area contributed by atoms with Gasteiger partial charge in [-0.1, -0.05) is 23.2 Å². The highest BCUT2D eigenvalue weighted by atomic mass is 35.5. The first kappa shape index (κ1) is 17.8. The Bertz CT molecular complexity index is 1140. The molecule has 1 aromatic carbocycles. The first-order valence-electron chi connectivity index (χ1n) is 7.27. The van der Waals surface area contributed by atoms with Crippen LogP contribution in [0.2, 0.25) is 10.0 Å². The number of benzene rings is 1. The highest BCUT2D eigenvalue weighted by molar-refractivity contribution is 6.32. The van der Waals surface area contributed by atoms with Crippen molar-refractivity contribution >= 4 is 23.2 Å². The molecule has 0 fully saturated rings. The summed E-state index contributed by atoms with van der Waals surface area (Å²) < 4.78 is 8.17. The van der Waals surface area contributed by atoms with E-state index in [0.29, 0.717) is 5.82 Å². The molecule has 10 heteroatoms. The average molecular weight is 392 g/mol. The van der Waals surface area contributed by atoms with Gasteiger partial charge in [-0.05, 0) is 24.3 Å². The number of halogens is 2. The van der Waals surface area contributed by atoms with Crippen LogP contribution < -0.4 is 16.0 Å². The fourth-order valence-corrected chi connectivity index (χ4v) is 2.63. The molecule has 2 aromatic heterocycles. The molecule has 2 heterocycles. The summed E-state index contributed by atoms with van der Waals surface area (Å²) in [6.07, 6.45) is 1.47. The largest absolute Gasteiger partial charge is 0.450 e. The Morgan fingerprint density at radius 3 is 2.73 bits per heavy atom. The zero-order valence-electron chi connectivity index (χ0n) is 13.4. The summed E-state index contributed by atoms with van der Waals surface area (Å²) in [6.45, 7) is 0.0423. The van der Waals surface area contributed by atoms with Gasteiger partial charge in [-0.15, -0.1) is 0 Å². The van der Waals surface area contributed by atoms with Gasteiger partial charge in [0.15, 0.2) is 5.82 Å². The van der Waals surface area contributed by atoms with Crippen LogP contribution >= 0.6 is 23.2 Å². The normalized spacial score (nSPS) is 10.5. The Morgan fingerprint density at radius 1 is 1.31 bits per heavy atom. The molecular formula is C16H11Cl2N5O3. The molecule has 0 saturated heterocycles. The lowest BCUT2D eigenvalue weighted by atomic mass is 10.2. The summed E-state index contributed by atoms with van der Waals surface area (Å²) in [7, 11) is 1.54. The van der Waals surface area contributed by atoms with Crippen molar-refractivity contribution in [3.63, 3.8) is 0 Å². The number of rotatable bonds is 4. The van der Waals surface area contributed by atoms with E-state index in [9.17, 15) is 9.59 Å². The van der Waals surface area contributed by atoms with Crippen molar-refractivity contribution < 1.29 is 4.74 Å². The number of pyridine rings is 1. The topological polar surface area (TPSA) is 106 Å². The van der Waals surface area contributed by atoms with Gasteiger partial charge in [-0.25, -0.2) is 9.89 Å². The van der Waals surface area contributed by atoms with Crippen LogP contribution in [0, 0.1) is 11.3 Å². The molecule has 0 aliphatic rings. The zero-order valence-corrected chi connectivity index (χ0v) is 14.9. The maximum Gasteiger partial charge on any atom is 0.343 e. The molecule has 8 nitrogen and oxygen atoms in total. The number of nitriles is 1. The monoisotopic (exact) mass is 391 g/mol. The lowest BCUT2D eigenvalue weighted by Crippen LogP contribution is -2.24. The van der Waals surface area contributed by atoms with Crippen LogP contribution in [-0.2, 0) is 13.6 Å². The van der Waals surface area contributed by atoms with E-state index in [1.807, 2.05) is 6.07 Å². The van der Waals surface area contributed by atoms with E-state index in [2.05, 4.69) is 10.2 Å². The number of hydrogen-bond donors (Lipinski definition) is 1. The molecule has 0 spiro atoms. The highest BCUT2D eigenvalue weighted by Gasteiger charge is 2.14. The predicted octanol–water partition coefficient (Wildman–Crippen LogP) is 2.29. The van der Waals surface area contributed by atoms with Gasteiger partial charge in [0, 0.05) is 18.3 Å². The number of H-pyrrole nitrogens is 1. The fraction of sp³-hybridized carbons (Fsp3) is 0.125. The Hall–Kier alpha value is -3.02. The van der Waals surface area contributed by atoms with E-state index < -0.39 is 5.56 Å². The van der Waals surface area contributed by atoms with Crippen LogP contribution in [0.3, 0.4) is 0 Å². The molecule has 0 radical (unpaired) electrons. The lowest BCUT2D eigenvalue weighted by molar-refractivity contribution is 0.467. The van der Waals surface area contributed by atoms with Gasteiger partial charge in [0.2, 0.25) is 5.75 Å². The lowest BCUT2D eigenvalue weighted by Gasteiger charge is -2.11. The molecule has 3 rings (SSSR count). The Morgan fingerprint density at radius 2 is 2.08 bits per heavy atom. The molecule has 1 N–H and O–H groups in total. The SMILES string of the molecule is Cn1c(Cn2ccc(Cl)c(Oc3cc(Cl)cc(C#N)c3)c2=O)n[nH]c1=O. The van der Waals surface area contributed by atoms with Crippen molar-refractivity contribution in [2.75, 3.05) is 0 Å². The second kappa shape index (κ2) is 7.07. The molecule has 0 aliphatic carbocycles. The second-order valence-electron chi connectivity index (χ2n) is 5.32. The molecule has 0 unspecified atom stereocenters. The zero-order chi connectivity index (χ0) is 18.8. The van der Waals surface area contributed by atoms with Gasteiger partial charge in [0.05, 0.1) is 23.2 Å². The first-order chi connectivity index (χ1) is 12.4. The number of aromatic amines is 1. The van der Waals surface area contributed by atoms with Gasteiger partial charge in [-0.3, -0.25) is 9.36 Å². The third kappa shape index (κ3) is 3.49. The van der Waals surface area contributed by atoms with E-state index in [0.717, 1.165) is 0 Å². The Balaban J connectivity index is 1.99. The number of hydrogen-bond acceptors (Lipinski definition) is 5. The highest BCUT2D eigenvalue weighted by Crippen LogP contribution is 2.28. The van der Waals surface area contributed by atoms with Crippen molar-refractivity contribution in [1.82, 2.24) is 19.3 Å². The molecule has 132 valence electrons. The van der Waals surface area contributed by atoms with Crippen LogP contribution in [-0.4, -0.2) is 19.3 Å². The average Bonchev–Trinajstić information content (AvgIpc) is 2.92. The van der Waals surface area contributed by atoms with Gasteiger partial charge >= 0.3 is 5.69 Å². The second-order valence-corrected chi connectivity index (χ2v) is 6.16. The number of nitrogens with one attached hydrogen (secondary N) is 1. The summed E-state index contributed by atoms with van der Waals surface area (Å²) in [4.78, 5) is 24.1. The summed E-state index contributed by atoms with van der Waals surface area (Å²) in [5, 5.41) is 15.6. The minimum Gasteiger partial charge on any atom is -0.450 e. The van der Waals surface area contributed by atoms with Crippen molar-refractivity contribution in [2.24, 2.45) is 7.05 Å². The number of nitrogens with zero attached hydrogens (tertiary/aromatic N) is 4. The van der Waals surface area contributed by atoms with E-state index in [4.69, 9.17) is 33.2 Å². The van der Waals surface area contributed by atoms with Crippen molar-refractivity contribution in [3.8, 4) is 17.6 Å². The third-order valence-electron chi connectivity index (χ3n) is 3.58. The summed E-state index contributed by atoms with van der Waals surface area (Å²) in [5.74, 6) is 0.443.